The number of fused-ring (bicyclic) bond motifs is 1. The topological polar surface area (TPSA) is 37.8 Å². The van der Waals surface area contributed by atoms with Gasteiger partial charge in [-0.25, -0.2) is 4.98 Å². The van der Waals surface area contributed by atoms with Crippen molar-refractivity contribution in [3.63, 3.8) is 0 Å². The number of pyridine rings is 2. The van der Waals surface area contributed by atoms with Crippen molar-refractivity contribution in [2.45, 2.75) is 6.18 Å². The van der Waals surface area contributed by atoms with Gasteiger partial charge < -0.3 is 5.32 Å². The molecule has 4 rings (SSSR count). The summed E-state index contributed by atoms with van der Waals surface area (Å²) >= 11 is 6.15. The number of nitrogens with zero attached hydrogens (tertiary/aromatic N) is 2. The summed E-state index contributed by atoms with van der Waals surface area (Å²) in [6, 6.07) is 15.9. The third kappa shape index (κ3) is 3.77. The summed E-state index contributed by atoms with van der Waals surface area (Å²) in [5, 5.41) is 5.41. The molecule has 4 aromatic rings. The van der Waals surface area contributed by atoms with Crippen molar-refractivity contribution < 1.29 is 13.2 Å². The van der Waals surface area contributed by atoms with E-state index in [0.29, 0.717) is 16.9 Å². The third-order valence-corrected chi connectivity index (χ3v) is 4.48. The summed E-state index contributed by atoms with van der Waals surface area (Å²) < 4.78 is 38.3. The normalized spacial score (nSPS) is 11.6. The van der Waals surface area contributed by atoms with Gasteiger partial charge in [-0.2, -0.15) is 13.2 Å². The number of anilines is 2. The second-order valence-electron chi connectivity index (χ2n) is 6.17. The first-order valence-corrected chi connectivity index (χ1v) is 8.73. The minimum Gasteiger partial charge on any atom is -0.340 e. The van der Waals surface area contributed by atoms with Crippen LogP contribution >= 0.6 is 11.6 Å². The van der Waals surface area contributed by atoms with Gasteiger partial charge in [0.25, 0.3) is 0 Å². The van der Waals surface area contributed by atoms with Gasteiger partial charge in [0.2, 0.25) is 0 Å². The molecule has 0 aliphatic heterocycles. The van der Waals surface area contributed by atoms with Crippen molar-refractivity contribution >= 4 is 33.9 Å². The number of hydrogen-bond donors (Lipinski definition) is 1. The van der Waals surface area contributed by atoms with E-state index in [9.17, 15) is 13.2 Å². The number of halogens is 4. The molecule has 0 amide bonds. The Bertz CT molecular complexity index is 1140. The smallest absolute Gasteiger partial charge is 0.340 e. The van der Waals surface area contributed by atoms with E-state index >= 15 is 0 Å². The summed E-state index contributed by atoms with van der Waals surface area (Å²) in [6.45, 7) is 0. The lowest BCUT2D eigenvalue weighted by molar-refractivity contribution is -0.137. The van der Waals surface area contributed by atoms with Crippen LogP contribution in [0.5, 0.6) is 0 Å². The highest BCUT2D eigenvalue weighted by atomic mass is 35.5. The minimum atomic E-state index is -4.37. The molecule has 2 heterocycles. The Labute approximate surface area is 163 Å². The van der Waals surface area contributed by atoms with Gasteiger partial charge in [0, 0.05) is 28.9 Å². The molecule has 2 aromatic carbocycles. The molecular formula is C21H13ClF3N3. The zero-order valence-electron chi connectivity index (χ0n) is 14.3. The van der Waals surface area contributed by atoms with E-state index in [2.05, 4.69) is 15.3 Å². The van der Waals surface area contributed by atoms with Crippen LogP contribution in [0.2, 0.25) is 5.15 Å². The van der Waals surface area contributed by atoms with Crippen LogP contribution in [-0.4, -0.2) is 9.97 Å². The van der Waals surface area contributed by atoms with E-state index in [1.165, 1.54) is 12.1 Å². The Hall–Kier alpha value is -3.12. The van der Waals surface area contributed by atoms with Crippen molar-refractivity contribution in [1.29, 1.82) is 0 Å². The van der Waals surface area contributed by atoms with Crippen molar-refractivity contribution in [1.82, 2.24) is 9.97 Å². The zero-order chi connectivity index (χ0) is 19.7. The van der Waals surface area contributed by atoms with E-state index < -0.39 is 11.7 Å². The van der Waals surface area contributed by atoms with E-state index in [1.807, 2.05) is 24.3 Å². The van der Waals surface area contributed by atoms with Crippen LogP contribution in [0.15, 0.2) is 73.1 Å². The highest BCUT2D eigenvalue weighted by molar-refractivity contribution is 6.29. The van der Waals surface area contributed by atoms with Gasteiger partial charge in [0.05, 0.1) is 5.56 Å². The molecule has 1 N–H and O–H groups in total. The fraction of sp³-hybridized carbons (Fsp3) is 0.0476. The van der Waals surface area contributed by atoms with E-state index in [1.54, 1.807) is 24.5 Å². The summed E-state index contributed by atoms with van der Waals surface area (Å²) in [6.07, 6.45) is -0.906. The van der Waals surface area contributed by atoms with E-state index in [4.69, 9.17) is 11.6 Å². The maximum Gasteiger partial charge on any atom is 0.416 e. The minimum absolute atomic E-state index is 0.238. The number of alkyl halides is 3. The monoisotopic (exact) mass is 399 g/mol. The predicted octanol–water partition coefficient (Wildman–Crippen LogP) is 6.71. The first-order valence-electron chi connectivity index (χ1n) is 8.35. The maximum atomic E-state index is 12.8. The van der Waals surface area contributed by atoms with Gasteiger partial charge >= 0.3 is 6.18 Å². The Morgan fingerprint density at radius 1 is 0.893 bits per heavy atom. The molecule has 0 saturated heterocycles. The van der Waals surface area contributed by atoms with Crippen LogP contribution in [-0.2, 0) is 6.18 Å². The molecule has 0 aliphatic rings. The third-order valence-electron chi connectivity index (χ3n) is 4.28. The highest BCUT2D eigenvalue weighted by Crippen LogP contribution is 2.33. The Kier molecular flexibility index (Phi) is 4.65. The van der Waals surface area contributed by atoms with Gasteiger partial charge in [-0.05, 0) is 47.5 Å². The molecule has 0 spiro atoms. The maximum absolute atomic E-state index is 12.8. The molecule has 28 heavy (non-hydrogen) atoms. The molecule has 0 fully saturated rings. The standard InChI is InChI=1S/C21H13ClF3N3/c22-19-10-15(13-4-6-16(7-5-13)21(23,24)25)11-20(28-19)27-18-3-1-2-14-12-26-9-8-17(14)18/h1-12H,(H,27,28). The summed E-state index contributed by atoms with van der Waals surface area (Å²) in [7, 11) is 0. The molecule has 0 radical (unpaired) electrons. The summed E-state index contributed by atoms with van der Waals surface area (Å²) in [4.78, 5) is 8.39. The van der Waals surface area contributed by atoms with Crippen molar-refractivity contribution in [3.05, 3.63) is 83.8 Å². The largest absolute Gasteiger partial charge is 0.416 e. The Balaban J connectivity index is 1.69. The van der Waals surface area contributed by atoms with Crippen LogP contribution in [0.3, 0.4) is 0 Å². The summed E-state index contributed by atoms with van der Waals surface area (Å²) in [5.74, 6) is 0.492. The van der Waals surface area contributed by atoms with E-state index in [-0.39, 0.29) is 5.15 Å². The molecular weight excluding hydrogens is 387 g/mol. The zero-order valence-corrected chi connectivity index (χ0v) is 15.1. The first-order chi connectivity index (χ1) is 13.4. The Morgan fingerprint density at radius 3 is 2.43 bits per heavy atom. The van der Waals surface area contributed by atoms with Crippen LogP contribution in [0.25, 0.3) is 21.9 Å². The van der Waals surface area contributed by atoms with Gasteiger partial charge in [-0.3, -0.25) is 4.98 Å². The molecule has 0 atom stereocenters. The van der Waals surface area contributed by atoms with Crippen molar-refractivity contribution in [2.75, 3.05) is 5.32 Å². The SMILES string of the molecule is FC(F)(F)c1ccc(-c2cc(Cl)nc(Nc3cccc4cnccc34)c2)cc1. The lowest BCUT2D eigenvalue weighted by atomic mass is 10.0. The molecule has 7 heteroatoms. The lowest BCUT2D eigenvalue weighted by Gasteiger charge is -2.12. The van der Waals surface area contributed by atoms with Crippen LogP contribution in [0, 0.1) is 0 Å². The first kappa shape index (κ1) is 18.3. The van der Waals surface area contributed by atoms with Crippen LogP contribution in [0.1, 0.15) is 5.56 Å². The number of rotatable bonds is 3. The number of benzene rings is 2. The average molecular weight is 400 g/mol. The van der Waals surface area contributed by atoms with Gasteiger partial charge in [0.1, 0.15) is 11.0 Å². The Morgan fingerprint density at radius 2 is 1.68 bits per heavy atom. The quantitative estimate of drug-likeness (QED) is 0.389. The van der Waals surface area contributed by atoms with Crippen molar-refractivity contribution in [3.8, 4) is 11.1 Å². The predicted molar refractivity (Wildman–Crippen MR) is 105 cm³/mol. The molecule has 140 valence electrons. The molecule has 0 saturated carbocycles. The molecule has 0 aliphatic carbocycles. The van der Waals surface area contributed by atoms with Gasteiger partial charge in [0.15, 0.2) is 0 Å². The number of hydrogen-bond acceptors (Lipinski definition) is 3. The van der Waals surface area contributed by atoms with Crippen LogP contribution in [0.4, 0.5) is 24.7 Å². The average Bonchev–Trinajstić information content (AvgIpc) is 2.67. The van der Waals surface area contributed by atoms with Crippen LogP contribution < -0.4 is 5.32 Å². The highest BCUT2D eigenvalue weighted by Gasteiger charge is 2.30. The lowest BCUT2D eigenvalue weighted by Crippen LogP contribution is -2.04. The fourth-order valence-electron chi connectivity index (χ4n) is 2.95. The number of aromatic nitrogens is 2. The summed E-state index contributed by atoms with van der Waals surface area (Å²) in [5.41, 5.74) is 1.41. The fourth-order valence-corrected chi connectivity index (χ4v) is 3.16. The molecule has 2 aromatic heterocycles. The van der Waals surface area contributed by atoms with E-state index in [0.717, 1.165) is 28.6 Å². The van der Waals surface area contributed by atoms with Gasteiger partial charge in [-0.15, -0.1) is 0 Å². The molecule has 3 nitrogen and oxygen atoms in total. The second kappa shape index (κ2) is 7.13. The second-order valence-corrected chi connectivity index (χ2v) is 6.55. The van der Waals surface area contributed by atoms with Crippen molar-refractivity contribution in [2.24, 2.45) is 0 Å². The molecule has 0 bridgehead atoms. The number of nitrogens with one attached hydrogen (secondary N) is 1. The van der Waals surface area contributed by atoms with Gasteiger partial charge in [-0.1, -0.05) is 35.9 Å². The molecule has 0 unspecified atom stereocenters.